The van der Waals surface area contributed by atoms with E-state index in [1.165, 1.54) is 50.2 Å². The Morgan fingerprint density at radius 3 is 2.22 bits per heavy atom. The Morgan fingerprint density at radius 1 is 0.891 bits per heavy atom. The average molecular weight is 620 g/mol. The van der Waals surface area contributed by atoms with Crippen LogP contribution in [0.15, 0.2) is 78.4 Å². The summed E-state index contributed by atoms with van der Waals surface area (Å²) in [6.07, 6.45) is 9.51. The van der Waals surface area contributed by atoms with Gasteiger partial charge in [0.15, 0.2) is 18.1 Å². The number of nitrogens with one attached hydrogen (secondary N) is 2. The molecule has 5 amide bonds. The number of urea groups is 1. The van der Waals surface area contributed by atoms with Gasteiger partial charge in [-0.15, -0.1) is 0 Å². The van der Waals surface area contributed by atoms with Gasteiger partial charge in [-0.05, 0) is 122 Å². The molecule has 4 saturated carbocycles. The summed E-state index contributed by atoms with van der Waals surface area (Å²) in [5, 5.41) is 5.16. The molecule has 2 N–H and O–H groups in total. The first-order chi connectivity index (χ1) is 22.3. The summed E-state index contributed by atoms with van der Waals surface area (Å²) < 4.78 is 11.6. The second-order valence-corrected chi connectivity index (χ2v) is 13.0. The molecule has 3 aromatic rings. The van der Waals surface area contributed by atoms with Crippen molar-refractivity contribution in [1.29, 1.82) is 0 Å². The summed E-state index contributed by atoms with van der Waals surface area (Å²) in [6.45, 7) is 1.91. The molecule has 1 saturated heterocycles. The summed E-state index contributed by atoms with van der Waals surface area (Å²) >= 11 is 0. The van der Waals surface area contributed by atoms with Crippen LogP contribution in [0.2, 0.25) is 0 Å². The Morgan fingerprint density at radius 2 is 1.57 bits per heavy atom. The molecule has 236 valence electrons. The van der Waals surface area contributed by atoms with Gasteiger partial charge in [-0.3, -0.25) is 19.7 Å². The molecule has 4 bridgehead atoms. The number of ether oxygens (including phenoxy) is 2. The molecular weight excluding hydrogens is 582 g/mol. The van der Waals surface area contributed by atoms with Crippen molar-refractivity contribution < 1.29 is 28.7 Å². The average Bonchev–Trinajstić information content (AvgIpc) is 3.03. The third-order valence-electron chi connectivity index (χ3n) is 9.87. The fourth-order valence-corrected chi connectivity index (χ4v) is 8.35. The highest BCUT2D eigenvalue weighted by molar-refractivity contribution is 6.39. The van der Waals surface area contributed by atoms with E-state index in [2.05, 4.69) is 22.8 Å². The van der Waals surface area contributed by atoms with Crippen molar-refractivity contribution in [2.24, 2.45) is 17.8 Å². The van der Waals surface area contributed by atoms with Crippen LogP contribution >= 0.6 is 0 Å². The molecule has 9 heteroatoms. The van der Waals surface area contributed by atoms with Crippen molar-refractivity contribution in [2.45, 2.75) is 50.9 Å². The Kier molecular flexibility index (Phi) is 7.84. The smallest absolute Gasteiger partial charge is 0.335 e. The van der Waals surface area contributed by atoms with Gasteiger partial charge in [0, 0.05) is 5.69 Å². The molecule has 1 aliphatic heterocycles. The molecule has 8 rings (SSSR count). The number of nitrogens with zero attached hydrogens (tertiary/aromatic N) is 1. The number of barbiturate groups is 1. The highest BCUT2D eigenvalue weighted by Gasteiger charge is 2.51. The maximum Gasteiger partial charge on any atom is 0.335 e. The molecule has 0 radical (unpaired) electrons. The lowest BCUT2D eigenvalue weighted by Gasteiger charge is -2.57. The lowest BCUT2D eigenvalue weighted by Crippen LogP contribution is -2.54. The van der Waals surface area contributed by atoms with Crippen LogP contribution in [-0.4, -0.2) is 37.0 Å². The van der Waals surface area contributed by atoms with Gasteiger partial charge < -0.3 is 14.8 Å². The normalized spacial score (nSPS) is 25.8. The number of anilines is 2. The fourth-order valence-electron chi connectivity index (χ4n) is 8.35. The van der Waals surface area contributed by atoms with E-state index in [0.717, 1.165) is 28.3 Å². The lowest BCUT2D eigenvalue weighted by atomic mass is 9.48. The highest BCUT2D eigenvalue weighted by atomic mass is 16.5. The first-order valence-corrected chi connectivity index (χ1v) is 16.1. The van der Waals surface area contributed by atoms with Gasteiger partial charge >= 0.3 is 6.03 Å². The van der Waals surface area contributed by atoms with Gasteiger partial charge in [0.25, 0.3) is 17.7 Å². The Bertz CT molecular complexity index is 1680. The van der Waals surface area contributed by atoms with Crippen molar-refractivity contribution in [3.63, 3.8) is 0 Å². The van der Waals surface area contributed by atoms with Crippen LogP contribution in [-0.2, 0) is 19.8 Å². The lowest BCUT2D eigenvalue weighted by molar-refractivity contribution is -0.122. The molecule has 4 aliphatic carbocycles. The Labute approximate surface area is 267 Å². The van der Waals surface area contributed by atoms with Crippen LogP contribution in [0.5, 0.6) is 11.5 Å². The van der Waals surface area contributed by atoms with Crippen LogP contribution < -0.4 is 25.0 Å². The molecule has 1 heterocycles. The van der Waals surface area contributed by atoms with Crippen LogP contribution in [0.4, 0.5) is 16.2 Å². The monoisotopic (exact) mass is 619 g/mol. The number of hydrogen-bond donors (Lipinski definition) is 2. The molecule has 0 atom stereocenters. The summed E-state index contributed by atoms with van der Waals surface area (Å²) in [7, 11) is 0. The molecule has 0 aromatic heterocycles. The number of rotatable bonds is 9. The van der Waals surface area contributed by atoms with Crippen molar-refractivity contribution in [1.82, 2.24) is 5.32 Å². The SMILES string of the molecule is CCOc1cc(/C=C2/C(=O)NC(=O)N(c3ccccc3)C2=O)ccc1OCC(=O)Nc1ccc(C23CC4CC(CC(C4)C2)C3)cc1. The van der Waals surface area contributed by atoms with E-state index in [4.69, 9.17) is 9.47 Å². The summed E-state index contributed by atoms with van der Waals surface area (Å²) in [6, 6.07) is 20.8. The third kappa shape index (κ3) is 5.77. The van der Waals surface area contributed by atoms with Gasteiger partial charge in [0.05, 0.1) is 12.3 Å². The molecule has 9 nitrogen and oxygen atoms in total. The number of amides is 5. The van der Waals surface area contributed by atoms with E-state index in [-0.39, 0.29) is 18.1 Å². The number of carbonyl (C=O) groups is 4. The van der Waals surface area contributed by atoms with Crippen molar-refractivity contribution in [2.75, 3.05) is 23.4 Å². The predicted molar refractivity (Wildman–Crippen MR) is 173 cm³/mol. The summed E-state index contributed by atoms with van der Waals surface area (Å²) in [5.74, 6) is 1.50. The second-order valence-electron chi connectivity index (χ2n) is 13.0. The fraction of sp³-hybridized carbons (Fsp3) is 0.351. The summed E-state index contributed by atoms with van der Waals surface area (Å²) in [5.41, 5.74) is 3.08. The van der Waals surface area contributed by atoms with E-state index in [1.54, 1.807) is 48.5 Å². The quantitative estimate of drug-likeness (QED) is 0.217. The zero-order valence-electron chi connectivity index (χ0n) is 25.8. The van der Waals surface area contributed by atoms with Crippen LogP contribution in [0.1, 0.15) is 56.6 Å². The van der Waals surface area contributed by atoms with Crippen LogP contribution in [0.25, 0.3) is 6.08 Å². The number of hydrogen-bond acceptors (Lipinski definition) is 6. The first-order valence-electron chi connectivity index (χ1n) is 16.1. The maximum atomic E-state index is 13.2. The van der Waals surface area contributed by atoms with Gasteiger partial charge in [-0.1, -0.05) is 36.4 Å². The van der Waals surface area contributed by atoms with Gasteiger partial charge in [0.1, 0.15) is 5.57 Å². The zero-order valence-corrected chi connectivity index (χ0v) is 25.8. The minimum atomic E-state index is -0.811. The van der Waals surface area contributed by atoms with E-state index in [0.29, 0.717) is 34.8 Å². The standard InChI is InChI=1S/C37H37N3O6/c1-2-45-32-18-23(17-30-34(42)39-36(44)40(35(30)43)29-6-4-3-5-7-29)8-13-31(32)46-22-33(41)38-28-11-9-27(10-12-28)37-19-24-14-25(20-37)16-26(15-24)21-37/h3-13,17-18,24-26H,2,14-16,19-22H2,1H3,(H,38,41)(H,39,42,44)/b30-17-. The van der Waals surface area contributed by atoms with Gasteiger partial charge in [-0.2, -0.15) is 0 Å². The van der Waals surface area contributed by atoms with Crippen LogP contribution in [0.3, 0.4) is 0 Å². The minimum absolute atomic E-state index is 0.201. The van der Waals surface area contributed by atoms with Gasteiger partial charge in [0.2, 0.25) is 0 Å². The molecule has 46 heavy (non-hydrogen) atoms. The zero-order chi connectivity index (χ0) is 31.8. The molecule has 5 aliphatic rings. The van der Waals surface area contributed by atoms with Crippen molar-refractivity contribution in [3.05, 3.63) is 89.5 Å². The van der Waals surface area contributed by atoms with Crippen molar-refractivity contribution in [3.8, 4) is 11.5 Å². The third-order valence-corrected chi connectivity index (χ3v) is 9.87. The van der Waals surface area contributed by atoms with E-state index in [1.807, 2.05) is 19.1 Å². The minimum Gasteiger partial charge on any atom is -0.490 e. The largest absolute Gasteiger partial charge is 0.490 e. The number of benzene rings is 3. The Balaban J connectivity index is 1.01. The number of imide groups is 2. The van der Waals surface area contributed by atoms with Crippen molar-refractivity contribution >= 4 is 41.2 Å². The molecule has 3 aromatic carbocycles. The van der Waals surface area contributed by atoms with E-state index >= 15 is 0 Å². The van der Waals surface area contributed by atoms with E-state index < -0.39 is 17.8 Å². The van der Waals surface area contributed by atoms with Crippen LogP contribution in [0, 0.1) is 17.8 Å². The maximum absolute atomic E-state index is 13.2. The summed E-state index contributed by atoms with van der Waals surface area (Å²) in [4.78, 5) is 52.0. The molecular formula is C37H37N3O6. The topological polar surface area (TPSA) is 114 Å². The van der Waals surface area contributed by atoms with Gasteiger partial charge in [-0.25, -0.2) is 9.69 Å². The molecule has 5 fully saturated rings. The van der Waals surface area contributed by atoms with E-state index in [9.17, 15) is 19.2 Å². The first kappa shape index (κ1) is 29.8. The Hall–Kier alpha value is -4.92. The number of carbonyl (C=O) groups excluding carboxylic acids is 4. The second kappa shape index (κ2) is 12.1. The molecule has 0 unspecified atom stereocenters. The predicted octanol–water partition coefficient (Wildman–Crippen LogP) is 6.24. The highest BCUT2D eigenvalue weighted by Crippen LogP contribution is 2.60. The molecule has 0 spiro atoms. The number of para-hydroxylation sites is 1.